The third kappa shape index (κ3) is 3.36. The lowest BCUT2D eigenvalue weighted by Crippen LogP contribution is -2.17. The maximum Gasteiger partial charge on any atom is 0.266 e. The predicted molar refractivity (Wildman–Crippen MR) is 115 cm³/mol. The van der Waals surface area contributed by atoms with Gasteiger partial charge in [-0.3, -0.25) is 9.36 Å². The second-order valence-electron chi connectivity index (χ2n) is 7.56. The van der Waals surface area contributed by atoms with Crippen LogP contribution < -0.4 is 10.3 Å². The lowest BCUT2D eigenvalue weighted by Gasteiger charge is -2.11. The highest BCUT2D eigenvalue weighted by molar-refractivity contribution is 6.30. The number of hydrogen-bond acceptors (Lipinski definition) is 4. The van der Waals surface area contributed by atoms with E-state index in [0.29, 0.717) is 39.8 Å². The fourth-order valence-corrected chi connectivity index (χ4v) is 3.51. The van der Waals surface area contributed by atoms with E-state index in [-0.39, 0.29) is 11.0 Å². The molecule has 1 aliphatic carbocycles. The summed E-state index contributed by atoms with van der Waals surface area (Å²) in [7, 11) is 0. The van der Waals surface area contributed by atoms with E-state index in [1.807, 2.05) is 30.3 Å². The largest absolute Gasteiger partial charge is 0.492 e. The van der Waals surface area contributed by atoms with E-state index < -0.39 is 0 Å². The highest BCUT2D eigenvalue weighted by Crippen LogP contribution is 2.45. The van der Waals surface area contributed by atoms with Crippen molar-refractivity contribution in [3.05, 3.63) is 82.2 Å². The molecule has 0 radical (unpaired) electrons. The zero-order valence-corrected chi connectivity index (χ0v) is 16.7. The summed E-state index contributed by atoms with van der Waals surface area (Å²) in [5, 5.41) is 10.3. The fraction of sp³-hybridized carbons (Fsp3) is 0.167. The van der Waals surface area contributed by atoms with Crippen LogP contribution in [0.5, 0.6) is 5.75 Å². The van der Waals surface area contributed by atoms with Crippen LogP contribution in [-0.4, -0.2) is 11.2 Å². The zero-order valence-electron chi connectivity index (χ0n) is 16.0. The van der Waals surface area contributed by atoms with Crippen molar-refractivity contribution in [3.63, 3.8) is 0 Å². The minimum absolute atomic E-state index is 0.177. The SMILES string of the molecule is N#CC1(COc2cccc(-n3ccc4oc(-c5ccc(Cl)cc5)cc4c3=O)c2)CC1. The van der Waals surface area contributed by atoms with Gasteiger partial charge in [-0.15, -0.1) is 0 Å². The maximum atomic E-state index is 13.1. The first kappa shape index (κ1) is 18.5. The number of nitrogens with zero attached hydrogens (tertiary/aromatic N) is 2. The van der Waals surface area contributed by atoms with Gasteiger partial charge in [-0.25, -0.2) is 0 Å². The number of hydrogen-bond donors (Lipinski definition) is 0. The van der Waals surface area contributed by atoms with Crippen LogP contribution in [0, 0.1) is 16.7 Å². The molecular formula is C24H17ClN2O3. The van der Waals surface area contributed by atoms with Gasteiger partial charge in [0.25, 0.3) is 5.56 Å². The smallest absolute Gasteiger partial charge is 0.266 e. The number of rotatable bonds is 5. The highest BCUT2D eigenvalue weighted by atomic mass is 35.5. The number of aromatic nitrogens is 1. The van der Waals surface area contributed by atoms with Crippen molar-refractivity contribution in [2.24, 2.45) is 5.41 Å². The van der Waals surface area contributed by atoms with Gasteiger partial charge in [0.2, 0.25) is 0 Å². The molecule has 0 amide bonds. The van der Waals surface area contributed by atoms with Gasteiger partial charge in [0.15, 0.2) is 0 Å². The molecule has 0 unspecified atom stereocenters. The van der Waals surface area contributed by atoms with E-state index in [2.05, 4.69) is 6.07 Å². The molecule has 148 valence electrons. The van der Waals surface area contributed by atoms with E-state index >= 15 is 0 Å². The minimum atomic E-state index is -0.347. The van der Waals surface area contributed by atoms with Gasteiger partial charge in [-0.05, 0) is 61.4 Å². The number of ether oxygens (including phenoxy) is 1. The van der Waals surface area contributed by atoms with E-state index in [1.165, 1.54) is 0 Å². The Morgan fingerprint density at radius 3 is 2.67 bits per heavy atom. The zero-order chi connectivity index (χ0) is 20.7. The molecule has 1 aliphatic rings. The van der Waals surface area contributed by atoms with Crippen molar-refractivity contribution in [1.82, 2.24) is 4.57 Å². The van der Waals surface area contributed by atoms with Crippen molar-refractivity contribution in [2.45, 2.75) is 12.8 Å². The number of benzene rings is 2. The molecule has 6 heteroatoms. The predicted octanol–water partition coefficient (Wildman–Crippen LogP) is 5.59. The average Bonchev–Trinajstić information content (AvgIpc) is 3.42. The second-order valence-corrected chi connectivity index (χ2v) is 8.00. The molecule has 0 bridgehead atoms. The fourth-order valence-electron chi connectivity index (χ4n) is 3.38. The van der Waals surface area contributed by atoms with Crippen LogP contribution in [-0.2, 0) is 0 Å². The Morgan fingerprint density at radius 2 is 1.93 bits per heavy atom. The number of pyridine rings is 1. The molecule has 1 fully saturated rings. The molecular weight excluding hydrogens is 400 g/mol. The Bertz CT molecular complexity index is 1340. The topological polar surface area (TPSA) is 68.2 Å². The quantitative estimate of drug-likeness (QED) is 0.425. The van der Waals surface area contributed by atoms with Crippen LogP contribution in [0.2, 0.25) is 5.02 Å². The molecule has 2 aromatic heterocycles. The molecule has 5 nitrogen and oxygen atoms in total. The van der Waals surface area contributed by atoms with Gasteiger partial charge in [-0.2, -0.15) is 5.26 Å². The van der Waals surface area contributed by atoms with E-state index in [4.69, 9.17) is 20.8 Å². The summed E-state index contributed by atoms with van der Waals surface area (Å²) in [6, 6.07) is 20.4. The standard InChI is InChI=1S/C24H17ClN2O3/c25-17-6-4-16(5-7-17)22-13-20-21(30-22)8-11-27(23(20)28)18-2-1-3-19(12-18)29-15-24(14-26)9-10-24/h1-8,11-13H,9-10,15H2. The third-order valence-electron chi connectivity index (χ3n) is 5.42. The lowest BCUT2D eigenvalue weighted by molar-refractivity contribution is 0.269. The van der Waals surface area contributed by atoms with Crippen molar-refractivity contribution >= 4 is 22.6 Å². The molecule has 30 heavy (non-hydrogen) atoms. The van der Waals surface area contributed by atoms with Crippen LogP contribution >= 0.6 is 11.6 Å². The molecule has 2 heterocycles. The van der Waals surface area contributed by atoms with Gasteiger partial charge < -0.3 is 9.15 Å². The number of nitriles is 1. The Kier molecular flexibility index (Phi) is 4.38. The summed E-state index contributed by atoms with van der Waals surface area (Å²) in [5.74, 6) is 1.25. The van der Waals surface area contributed by atoms with Gasteiger partial charge in [0, 0.05) is 22.8 Å². The maximum absolute atomic E-state index is 13.1. The number of halogens is 1. The van der Waals surface area contributed by atoms with Crippen LogP contribution in [0.25, 0.3) is 28.0 Å². The van der Waals surface area contributed by atoms with Crippen molar-refractivity contribution in [2.75, 3.05) is 6.61 Å². The normalized spacial score (nSPS) is 14.4. The monoisotopic (exact) mass is 416 g/mol. The summed E-state index contributed by atoms with van der Waals surface area (Å²) >= 11 is 5.95. The summed E-state index contributed by atoms with van der Waals surface area (Å²) < 4.78 is 13.3. The Balaban J connectivity index is 1.48. The minimum Gasteiger partial charge on any atom is -0.492 e. The van der Waals surface area contributed by atoms with Crippen molar-refractivity contribution in [3.8, 4) is 28.8 Å². The van der Waals surface area contributed by atoms with Gasteiger partial charge in [0.1, 0.15) is 23.7 Å². The van der Waals surface area contributed by atoms with Crippen molar-refractivity contribution < 1.29 is 9.15 Å². The molecule has 2 aromatic carbocycles. The first-order valence-electron chi connectivity index (χ1n) is 9.63. The summed E-state index contributed by atoms with van der Waals surface area (Å²) in [6.07, 6.45) is 3.43. The van der Waals surface area contributed by atoms with E-state index in [0.717, 1.165) is 18.4 Å². The second kappa shape index (κ2) is 7.08. The molecule has 0 saturated heterocycles. The van der Waals surface area contributed by atoms with Crippen LogP contribution in [0.3, 0.4) is 0 Å². The van der Waals surface area contributed by atoms with E-state index in [9.17, 15) is 10.1 Å². The van der Waals surface area contributed by atoms with Crippen LogP contribution in [0.15, 0.2) is 76.1 Å². The Hall–Kier alpha value is -3.49. The lowest BCUT2D eigenvalue weighted by atomic mass is 10.1. The van der Waals surface area contributed by atoms with Crippen molar-refractivity contribution in [1.29, 1.82) is 5.26 Å². The summed E-state index contributed by atoms with van der Waals surface area (Å²) in [4.78, 5) is 13.1. The third-order valence-corrected chi connectivity index (χ3v) is 5.67. The van der Waals surface area contributed by atoms with Gasteiger partial charge in [0.05, 0.1) is 22.6 Å². The molecule has 0 spiro atoms. The van der Waals surface area contributed by atoms with E-state index in [1.54, 1.807) is 41.1 Å². The van der Waals surface area contributed by atoms with Gasteiger partial charge in [-0.1, -0.05) is 17.7 Å². The molecule has 0 N–H and O–H groups in total. The summed E-state index contributed by atoms with van der Waals surface area (Å²) in [6.45, 7) is 0.368. The Labute approximate surface area is 177 Å². The molecule has 1 saturated carbocycles. The summed E-state index contributed by atoms with van der Waals surface area (Å²) in [5.41, 5.74) is 1.54. The average molecular weight is 417 g/mol. The van der Waals surface area contributed by atoms with Gasteiger partial charge >= 0.3 is 0 Å². The molecule has 0 atom stereocenters. The highest BCUT2D eigenvalue weighted by Gasteiger charge is 2.44. The first-order valence-corrected chi connectivity index (χ1v) is 10.0. The van der Waals surface area contributed by atoms with Crippen LogP contribution in [0.1, 0.15) is 12.8 Å². The Morgan fingerprint density at radius 1 is 1.13 bits per heavy atom. The first-order chi connectivity index (χ1) is 14.6. The molecule has 0 aliphatic heterocycles. The van der Waals surface area contributed by atoms with Crippen LogP contribution in [0.4, 0.5) is 0 Å². The molecule has 4 aromatic rings. The molecule has 5 rings (SSSR count). The number of fused-ring (bicyclic) bond motifs is 1. The number of furan rings is 1.